The van der Waals surface area contributed by atoms with E-state index in [1.165, 1.54) is 0 Å². The number of benzene rings is 2. The number of carbonyl (C=O) groups is 1. The molecule has 8 heteroatoms. The van der Waals surface area contributed by atoms with Gasteiger partial charge in [-0.2, -0.15) is 0 Å². The van der Waals surface area contributed by atoms with Crippen LogP contribution in [-0.2, 0) is 0 Å². The average molecular weight is 401 g/mol. The van der Waals surface area contributed by atoms with Crippen molar-refractivity contribution in [3.63, 3.8) is 0 Å². The molecule has 2 heterocycles. The van der Waals surface area contributed by atoms with Gasteiger partial charge in [-0.25, -0.2) is 0 Å². The number of ether oxygens (including phenoxy) is 3. The highest BCUT2D eigenvalue weighted by atomic mass is 35.5. The third-order valence-electron chi connectivity index (χ3n) is 4.20. The minimum Gasteiger partial charge on any atom is -0.491 e. The van der Waals surface area contributed by atoms with Crippen LogP contribution < -0.4 is 19.5 Å². The fourth-order valence-electron chi connectivity index (χ4n) is 2.85. The monoisotopic (exact) mass is 400 g/mol. The third kappa shape index (κ3) is 3.95. The first-order valence-corrected chi connectivity index (χ1v) is 9.01. The van der Waals surface area contributed by atoms with Gasteiger partial charge in [0, 0.05) is 29.2 Å². The zero-order valence-corrected chi connectivity index (χ0v) is 15.5. The molecular formula is C20H17ClN2O5. The number of nitrogens with zero attached hydrogens (tertiary/aromatic N) is 1. The lowest BCUT2D eigenvalue weighted by Gasteiger charge is -2.14. The fraction of sp³-hybridized carbons (Fsp3) is 0.200. The molecule has 144 valence electrons. The molecule has 28 heavy (non-hydrogen) atoms. The van der Waals surface area contributed by atoms with Gasteiger partial charge in [0.05, 0.1) is 11.1 Å². The summed E-state index contributed by atoms with van der Waals surface area (Å²) in [5.74, 6) is 1.43. The van der Waals surface area contributed by atoms with Crippen LogP contribution >= 0.6 is 11.6 Å². The molecule has 2 aromatic carbocycles. The molecular weight excluding hydrogens is 384 g/mol. The summed E-state index contributed by atoms with van der Waals surface area (Å²) in [6, 6.07) is 12.1. The topological polar surface area (TPSA) is 89.9 Å². The maximum atomic E-state index is 12.5. The largest absolute Gasteiger partial charge is 0.491 e. The first-order chi connectivity index (χ1) is 13.6. The van der Waals surface area contributed by atoms with Crippen LogP contribution in [0.2, 0.25) is 5.02 Å². The Hall–Kier alpha value is -3.03. The Morgan fingerprint density at radius 1 is 1.25 bits per heavy atom. The molecule has 0 saturated carbocycles. The van der Waals surface area contributed by atoms with Crippen LogP contribution in [0, 0.1) is 0 Å². The van der Waals surface area contributed by atoms with Gasteiger partial charge in [-0.3, -0.25) is 9.78 Å². The van der Waals surface area contributed by atoms with Crippen molar-refractivity contribution in [2.24, 2.45) is 0 Å². The molecule has 1 aliphatic rings. The Bertz CT molecular complexity index is 1030. The van der Waals surface area contributed by atoms with E-state index in [-0.39, 0.29) is 25.9 Å². The van der Waals surface area contributed by atoms with Crippen molar-refractivity contribution in [1.82, 2.24) is 10.3 Å². The van der Waals surface area contributed by atoms with Gasteiger partial charge in [0.15, 0.2) is 11.5 Å². The molecule has 0 aliphatic carbocycles. The Morgan fingerprint density at radius 2 is 2.11 bits per heavy atom. The number of carbonyl (C=O) groups excluding carboxylic acids is 1. The van der Waals surface area contributed by atoms with Crippen molar-refractivity contribution in [3.05, 3.63) is 59.2 Å². The van der Waals surface area contributed by atoms with Crippen molar-refractivity contribution in [3.8, 4) is 17.2 Å². The van der Waals surface area contributed by atoms with Crippen LogP contribution in [0.4, 0.5) is 0 Å². The Balaban J connectivity index is 1.35. The van der Waals surface area contributed by atoms with E-state index < -0.39 is 6.10 Å². The lowest BCUT2D eigenvalue weighted by Crippen LogP contribution is -2.35. The summed E-state index contributed by atoms with van der Waals surface area (Å²) in [5.41, 5.74) is 0.905. The van der Waals surface area contributed by atoms with Crippen LogP contribution in [0.15, 0.2) is 48.7 Å². The zero-order chi connectivity index (χ0) is 19.5. The second-order valence-corrected chi connectivity index (χ2v) is 6.65. The van der Waals surface area contributed by atoms with Crippen molar-refractivity contribution in [1.29, 1.82) is 0 Å². The van der Waals surface area contributed by atoms with Gasteiger partial charge >= 0.3 is 0 Å². The number of hydrogen-bond acceptors (Lipinski definition) is 6. The lowest BCUT2D eigenvalue weighted by atomic mass is 10.1. The Morgan fingerprint density at radius 3 is 3.00 bits per heavy atom. The highest BCUT2D eigenvalue weighted by molar-refractivity contribution is 6.32. The summed E-state index contributed by atoms with van der Waals surface area (Å²) >= 11 is 6.09. The highest BCUT2D eigenvalue weighted by Crippen LogP contribution is 2.35. The van der Waals surface area contributed by atoms with E-state index in [4.69, 9.17) is 25.8 Å². The second-order valence-electron chi connectivity index (χ2n) is 6.22. The first-order valence-electron chi connectivity index (χ1n) is 8.63. The van der Waals surface area contributed by atoms with Gasteiger partial charge in [0.1, 0.15) is 18.5 Å². The molecule has 1 atom stereocenters. The number of aliphatic hydroxyl groups is 1. The maximum absolute atomic E-state index is 12.5. The number of amides is 1. The number of aliphatic hydroxyl groups excluding tert-OH is 1. The van der Waals surface area contributed by atoms with E-state index in [0.717, 1.165) is 5.39 Å². The summed E-state index contributed by atoms with van der Waals surface area (Å²) in [4.78, 5) is 16.8. The Labute approximate surface area is 165 Å². The summed E-state index contributed by atoms with van der Waals surface area (Å²) in [5, 5.41) is 14.0. The fourth-order valence-corrected chi connectivity index (χ4v) is 3.08. The van der Waals surface area contributed by atoms with Crippen LogP contribution in [0.5, 0.6) is 17.2 Å². The number of hydrogen-bond donors (Lipinski definition) is 2. The minimum absolute atomic E-state index is 0.00840. The van der Waals surface area contributed by atoms with Crippen molar-refractivity contribution >= 4 is 28.4 Å². The van der Waals surface area contributed by atoms with E-state index in [1.807, 2.05) is 6.07 Å². The molecule has 0 bridgehead atoms. The van der Waals surface area contributed by atoms with Crippen LogP contribution in [-0.4, -0.2) is 42.0 Å². The standard InChI is InChI=1S/C20H17ClN2O5/c21-13-6-12-2-1-5-22-19(12)16(7-13)20(25)23-9-14(24)10-26-15-3-4-17-18(8-15)28-11-27-17/h1-8,14,24H,9-11H2,(H,23,25). The van der Waals surface area contributed by atoms with Gasteiger partial charge in [-0.15, -0.1) is 0 Å². The number of pyridine rings is 1. The molecule has 0 saturated heterocycles. The van der Waals surface area contributed by atoms with E-state index in [1.54, 1.807) is 42.6 Å². The molecule has 7 nitrogen and oxygen atoms in total. The molecule has 0 spiro atoms. The van der Waals surface area contributed by atoms with Crippen molar-refractivity contribution < 1.29 is 24.1 Å². The average Bonchev–Trinajstić information content (AvgIpc) is 3.17. The molecule has 0 fully saturated rings. The molecule has 1 amide bonds. The lowest BCUT2D eigenvalue weighted by molar-refractivity contribution is 0.0844. The van der Waals surface area contributed by atoms with Crippen molar-refractivity contribution in [2.75, 3.05) is 19.9 Å². The molecule has 1 aliphatic heterocycles. The number of fused-ring (bicyclic) bond motifs is 2. The summed E-state index contributed by atoms with van der Waals surface area (Å²) in [7, 11) is 0. The van der Waals surface area contributed by atoms with Gasteiger partial charge < -0.3 is 24.6 Å². The van der Waals surface area contributed by atoms with Gasteiger partial charge in [-0.05, 0) is 30.3 Å². The van der Waals surface area contributed by atoms with Crippen molar-refractivity contribution in [2.45, 2.75) is 6.10 Å². The highest BCUT2D eigenvalue weighted by Gasteiger charge is 2.16. The van der Waals surface area contributed by atoms with Crippen LogP contribution in [0.25, 0.3) is 10.9 Å². The number of rotatable bonds is 6. The van der Waals surface area contributed by atoms with Gasteiger partial charge in [0.25, 0.3) is 5.91 Å². The second kappa shape index (κ2) is 7.92. The van der Waals surface area contributed by atoms with Crippen LogP contribution in [0.1, 0.15) is 10.4 Å². The minimum atomic E-state index is -0.896. The summed E-state index contributed by atoms with van der Waals surface area (Å²) < 4.78 is 16.1. The van der Waals surface area contributed by atoms with E-state index >= 15 is 0 Å². The number of halogens is 1. The molecule has 0 radical (unpaired) electrons. The predicted octanol–water partition coefficient (Wildman–Crippen LogP) is 2.79. The summed E-state index contributed by atoms with van der Waals surface area (Å²) in [6.07, 6.45) is 0.717. The zero-order valence-electron chi connectivity index (χ0n) is 14.7. The Kier molecular flexibility index (Phi) is 5.18. The summed E-state index contributed by atoms with van der Waals surface area (Å²) in [6.45, 7) is 0.208. The quantitative estimate of drug-likeness (QED) is 0.661. The molecule has 1 unspecified atom stereocenters. The molecule has 3 aromatic rings. The normalized spacial score (nSPS) is 13.4. The van der Waals surface area contributed by atoms with Gasteiger partial charge in [0.2, 0.25) is 6.79 Å². The predicted molar refractivity (Wildman–Crippen MR) is 103 cm³/mol. The van der Waals surface area contributed by atoms with E-state index in [2.05, 4.69) is 10.3 Å². The first kappa shape index (κ1) is 18.3. The number of aromatic nitrogens is 1. The maximum Gasteiger partial charge on any atom is 0.253 e. The van der Waals surface area contributed by atoms with E-state index in [0.29, 0.717) is 33.4 Å². The third-order valence-corrected chi connectivity index (χ3v) is 4.42. The van der Waals surface area contributed by atoms with E-state index in [9.17, 15) is 9.90 Å². The van der Waals surface area contributed by atoms with Gasteiger partial charge in [-0.1, -0.05) is 17.7 Å². The molecule has 2 N–H and O–H groups in total. The van der Waals surface area contributed by atoms with Crippen LogP contribution in [0.3, 0.4) is 0 Å². The smallest absolute Gasteiger partial charge is 0.253 e. The SMILES string of the molecule is O=C(NCC(O)COc1ccc2c(c1)OCO2)c1cc(Cl)cc2cccnc12. The molecule has 4 rings (SSSR count). The molecule has 1 aromatic heterocycles. The number of nitrogens with one attached hydrogen (secondary N) is 1.